The molecule has 2 aliphatic heterocycles. The Morgan fingerprint density at radius 2 is 1.91 bits per heavy atom. The molecule has 1 saturated heterocycles. The molecular formula is C7H10O4. The van der Waals surface area contributed by atoms with Crippen LogP contribution in [0.5, 0.6) is 0 Å². The monoisotopic (exact) mass is 158 g/mol. The Kier molecular flexibility index (Phi) is 1.96. The zero-order valence-electron chi connectivity index (χ0n) is 6.06. The number of hydrogen-bond acceptors (Lipinski definition) is 4. The topological polar surface area (TPSA) is 36.9 Å². The molecule has 0 aromatic rings. The van der Waals surface area contributed by atoms with Gasteiger partial charge in [0, 0.05) is 0 Å². The van der Waals surface area contributed by atoms with Crippen molar-refractivity contribution in [3.8, 4) is 0 Å². The molecule has 0 N–H and O–H groups in total. The average Bonchev–Trinajstić information content (AvgIpc) is 2.58. The second kappa shape index (κ2) is 3.11. The van der Waals surface area contributed by atoms with Crippen molar-refractivity contribution in [2.75, 3.05) is 19.8 Å². The summed E-state index contributed by atoms with van der Waals surface area (Å²) in [6.07, 6.45) is 2.64. The Morgan fingerprint density at radius 3 is 2.55 bits per heavy atom. The van der Waals surface area contributed by atoms with E-state index in [1.165, 1.54) is 12.5 Å². The molecule has 0 spiro atoms. The maximum absolute atomic E-state index is 5.35. The van der Waals surface area contributed by atoms with E-state index in [9.17, 15) is 0 Å². The quantitative estimate of drug-likeness (QED) is 0.548. The first kappa shape index (κ1) is 6.94. The van der Waals surface area contributed by atoms with E-state index in [4.69, 9.17) is 18.9 Å². The average molecular weight is 158 g/mol. The van der Waals surface area contributed by atoms with Crippen LogP contribution in [0.25, 0.3) is 0 Å². The minimum atomic E-state index is -0.310. The molecule has 0 aliphatic carbocycles. The summed E-state index contributed by atoms with van der Waals surface area (Å²) in [5, 5.41) is 0. The molecule has 62 valence electrons. The van der Waals surface area contributed by atoms with Crippen LogP contribution in [0.4, 0.5) is 0 Å². The summed E-state index contributed by atoms with van der Waals surface area (Å²) >= 11 is 0. The molecule has 4 heteroatoms. The van der Waals surface area contributed by atoms with Gasteiger partial charge in [0.2, 0.25) is 0 Å². The third-order valence-corrected chi connectivity index (χ3v) is 1.63. The van der Waals surface area contributed by atoms with E-state index in [0.717, 1.165) is 0 Å². The molecule has 0 aromatic carbocycles. The molecule has 0 aromatic heterocycles. The predicted octanol–water partition coefficient (Wildman–Crippen LogP) is 0.246. The Labute approximate surface area is 64.7 Å². The molecule has 1 unspecified atom stereocenters. The van der Waals surface area contributed by atoms with Gasteiger partial charge >= 0.3 is 0 Å². The lowest BCUT2D eigenvalue weighted by Gasteiger charge is -2.26. The number of rotatable bonds is 1. The highest BCUT2D eigenvalue weighted by Crippen LogP contribution is 2.14. The van der Waals surface area contributed by atoms with E-state index in [1.807, 2.05) is 0 Å². The van der Waals surface area contributed by atoms with Gasteiger partial charge in [-0.1, -0.05) is 0 Å². The smallest absolute Gasteiger partial charge is 0.267 e. The van der Waals surface area contributed by atoms with Gasteiger partial charge in [-0.25, -0.2) is 0 Å². The van der Waals surface area contributed by atoms with Gasteiger partial charge in [0.05, 0.1) is 19.8 Å². The normalized spacial score (nSPS) is 31.5. The van der Waals surface area contributed by atoms with Gasteiger partial charge in [0.15, 0.2) is 6.10 Å². The molecular weight excluding hydrogens is 148 g/mol. The van der Waals surface area contributed by atoms with E-state index in [2.05, 4.69) is 0 Å². The van der Waals surface area contributed by atoms with E-state index >= 15 is 0 Å². The van der Waals surface area contributed by atoms with Crippen molar-refractivity contribution in [2.24, 2.45) is 0 Å². The highest BCUT2D eigenvalue weighted by molar-refractivity contribution is 4.77. The third-order valence-electron chi connectivity index (χ3n) is 1.63. The first-order valence-electron chi connectivity index (χ1n) is 3.62. The Morgan fingerprint density at radius 1 is 1.09 bits per heavy atom. The molecule has 2 heterocycles. The molecule has 2 aliphatic rings. The molecule has 0 saturated carbocycles. The highest BCUT2D eigenvalue weighted by atomic mass is 16.7. The van der Waals surface area contributed by atoms with E-state index in [0.29, 0.717) is 19.8 Å². The minimum Gasteiger partial charge on any atom is -0.457 e. The molecule has 11 heavy (non-hydrogen) atoms. The van der Waals surface area contributed by atoms with Crippen LogP contribution in [0.2, 0.25) is 0 Å². The maximum Gasteiger partial charge on any atom is 0.267 e. The molecule has 1 atom stereocenters. The lowest BCUT2D eigenvalue weighted by Crippen LogP contribution is -2.38. The zero-order valence-corrected chi connectivity index (χ0v) is 6.06. The fraction of sp³-hybridized carbons (Fsp3) is 0.714. The highest BCUT2D eigenvalue weighted by Gasteiger charge is 2.28. The predicted molar refractivity (Wildman–Crippen MR) is 35.7 cm³/mol. The largest absolute Gasteiger partial charge is 0.457 e. The van der Waals surface area contributed by atoms with Crippen molar-refractivity contribution in [3.05, 3.63) is 12.5 Å². The van der Waals surface area contributed by atoms with Crippen LogP contribution in [0.15, 0.2) is 12.5 Å². The summed E-state index contributed by atoms with van der Waals surface area (Å²) in [6, 6.07) is 0. The molecule has 4 nitrogen and oxygen atoms in total. The van der Waals surface area contributed by atoms with Crippen LogP contribution in [0.3, 0.4) is 0 Å². The maximum atomic E-state index is 5.35. The van der Waals surface area contributed by atoms with Crippen molar-refractivity contribution in [2.45, 2.75) is 12.4 Å². The third kappa shape index (κ3) is 1.46. The molecule has 1 fully saturated rings. The van der Waals surface area contributed by atoms with Crippen molar-refractivity contribution < 1.29 is 18.9 Å². The lowest BCUT2D eigenvalue weighted by molar-refractivity contribution is -0.185. The van der Waals surface area contributed by atoms with Crippen LogP contribution in [-0.4, -0.2) is 32.2 Å². The summed E-state index contributed by atoms with van der Waals surface area (Å²) < 4.78 is 20.7. The SMILES string of the molecule is C1=COC(C2COCCO2)O1. The second-order valence-electron chi connectivity index (χ2n) is 2.40. The molecule has 2 rings (SSSR count). The summed E-state index contributed by atoms with van der Waals surface area (Å²) in [7, 11) is 0. The van der Waals surface area contributed by atoms with Gasteiger partial charge in [0.1, 0.15) is 12.5 Å². The summed E-state index contributed by atoms with van der Waals surface area (Å²) in [6.45, 7) is 1.83. The minimum absolute atomic E-state index is 0.0845. The van der Waals surface area contributed by atoms with Gasteiger partial charge in [0.25, 0.3) is 6.29 Å². The van der Waals surface area contributed by atoms with Crippen LogP contribution in [0, 0.1) is 0 Å². The second-order valence-corrected chi connectivity index (χ2v) is 2.40. The van der Waals surface area contributed by atoms with Crippen LogP contribution >= 0.6 is 0 Å². The summed E-state index contributed by atoms with van der Waals surface area (Å²) in [5.41, 5.74) is 0. The standard InChI is InChI=1S/C7H10O4/c1-2-9-6(5-8-1)7-10-3-4-11-7/h3-4,6-7H,1-2,5H2. The molecule has 0 radical (unpaired) electrons. The summed E-state index contributed by atoms with van der Waals surface area (Å²) in [5.74, 6) is 0. The van der Waals surface area contributed by atoms with Gasteiger partial charge in [-0.2, -0.15) is 0 Å². The van der Waals surface area contributed by atoms with Crippen LogP contribution in [0.1, 0.15) is 0 Å². The molecule has 0 amide bonds. The zero-order chi connectivity index (χ0) is 7.52. The number of ether oxygens (including phenoxy) is 4. The first-order chi connectivity index (χ1) is 5.47. The van der Waals surface area contributed by atoms with Crippen molar-refractivity contribution >= 4 is 0 Å². The van der Waals surface area contributed by atoms with Crippen LogP contribution < -0.4 is 0 Å². The lowest BCUT2D eigenvalue weighted by atomic mass is 10.3. The Hall–Kier alpha value is -0.740. The van der Waals surface area contributed by atoms with Crippen molar-refractivity contribution in [1.29, 1.82) is 0 Å². The summed E-state index contributed by atoms with van der Waals surface area (Å²) in [4.78, 5) is 0. The van der Waals surface area contributed by atoms with E-state index in [1.54, 1.807) is 0 Å². The Balaban J connectivity index is 1.83. The first-order valence-corrected chi connectivity index (χ1v) is 3.62. The van der Waals surface area contributed by atoms with Crippen molar-refractivity contribution in [3.63, 3.8) is 0 Å². The fourth-order valence-corrected chi connectivity index (χ4v) is 1.09. The van der Waals surface area contributed by atoms with Gasteiger partial charge in [-0.15, -0.1) is 0 Å². The number of hydrogen-bond donors (Lipinski definition) is 0. The van der Waals surface area contributed by atoms with Crippen LogP contribution in [-0.2, 0) is 18.9 Å². The fourth-order valence-electron chi connectivity index (χ4n) is 1.09. The van der Waals surface area contributed by atoms with E-state index in [-0.39, 0.29) is 12.4 Å². The molecule has 0 bridgehead atoms. The van der Waals surface area contributed by atoms with Gasteiger partial charge in [-0.05, 0) is 0 Å². The van der Waals surface area contributed by atoms with E-state index < -0.39 is 0 Å². The van der Waals surface area contributed by atoms with Gasteiger partial charge in [-0.3, -0.25) is 0 Å². The van der Waals surface area contributed by atoms with Crippen molar-refractivity contribution in [1.82, 2.24) is 0 Å². The Bertz CT molecular complexity index is 143. The van der Waals surface area contributed by atoms with Gasteiger partial charge < -0.3 is 18.9 Å².